The van der Waals surface area contributed by atoms with E-state index < -0.39 is 0 Å². The highest BCUT2D eigenvalue weighted by Crippen LogP contribution is 1.99. The van der Waals surface area contributed by atoms with Crippen molar-refractivity contribution in [3.63, 3.8) is 0 Å². The molecule has 0 bridgehead atoms. The standard InChI is InChI=1S/C8H9N/c1-7-3-2-4-8(9)6-5-7/h5-6H,4,9H2,1H3. The van der Waals surface area contributed by atoms with Gasteiger partial charge in [-0.2, -0.15) is 0 Å². The SMILES string of the molecule is CC1=CC=C(N)CC#C1. The number of allylic oxidation sites excluding steroid dienone is 4. The molecule has 0 aromatic heterocycles. The third-order valence-electron chi connectivity index (χ3n) is 1.13. The maximum atomic E-state index is 5.51. The Bertz CT molecular complexity index is 223. The summed E-state index contributed by atoms with van der Waals surface area (Å²) in [4.78, 5) is 0. The molecule has 2 N–H and O–H groups in total. The van der Waals surface area contributed by atoms with Gasteiger partial charge in [0.2, 0.25) is 0 Å². The second-order valence-corrected chi connectivity index (χ2v) is 2.07. The van der Waals surface area contributed by atoms with Crippen LogP contribution in [-0.2, 0) is 0 Å². The summed E-state index contributed by atoms with van der Waals surface area (Å²) < 4.78 is 0. The first-order chi connectivity index (χ1) is 4.29. The van der Waals surface area contributed by atoms with E-state index in [-0.39, 0.29) is 0 Å². The summed E-state index contributed by atoms with van der Waals surface area (Å²) in [5.74, 6) is 5.89. The molecular weight excluding hydrogens is 110 g/mol. The summed E-state index contributed by atoms with van der Waals surface area (Å²) in [5, 5.41) is 0. The van der Waals surface area contributed by atoms with Crippen LogP contribution in [0.25, 0.3) is 0 Å². The number of rotatable bonds is 0. The highest BCUT2D eigenvalue weighted by atomic mass is 14.6. The van der Waals surface area contributed by atoms with Gasteiger partial charge >= 0.3 is 0 Å². The van der Waals surface area contributed by atoms with Gasteiger partial charge in [0, 0.05) is 12.1 Å². The molecule has 0 amide bonds. The second kappa shape index (κ2) is 2.41. The van der Waals surface area contributed by atoms with Crippen molar-refractivity contribution in [1.82, 2.24) is 0 Å². The lowest BCUT2D eigenvalue weighted by atomic mass is 10.3. The molecule has 9 heavy (non-hydrogen) atoms. The smallest absolute Gasteiger partial charge is 0.0489 e. The van der Waals surface area contributed by atoms with Crippen LogP contribution in [0.2, 0.25) is 0 Å². The van der Waals surface area contributed by atoms with Gasteiger partial charge in [-0.3, -0.25) is 0 Å². The minimum absolute atomic E-state index is 0.702. The van der Waals surface area contributed by atoms with Crippen LogP contribution in [0.3, 0.4) is 0 Å². The molecule has 0 heterocycles. The number of nitrogens with two attached hydrogens (primary N) is 1. The predicted octanol–water partition coefficient (Wildman–Crippen LogP) is 1.18. The molecule has 1 aliphatic rings. The van der Waals surface area contributed by atoms with Crippen molar-refractivity contribution in [2.75, 3.05) is 0 Å². The van der Waals surface area contributed by atoms with Gasteiger partial charge in [0.1, 0.15) is 0 Å². The fraction of sp³-hybridized carbons (Fsp3) is 0.250. The molecule has 0 atom stereocenters. The number of hydrogen-bond donors (Lipinski definition) is 1. The summed E-state index contributed by atoms with van der Waals surface area (Å²) in [7, 11) is 0. The van der Waals surface area contributed by atoms with Crippen LogP contribution in [0.15, 0.2) is 23.4 Å². The van der Waals surface area contributed by atoms with Gasteiger partial charge in [0.15, 0.2) is 0 Å². The van der Waals surface area contributed by atoms with Crippen LogP contribution in [-0.4, -0.2) is 0 Å². The minimum atomic E-state index is 0.702. The van der Waals surface area contributed by atoms with Crippen molar-refractivity contribution in [1.29, 1.82) is 0 Å². The number of hydrogen-bond acceptors (Lipinski definition) is 1. The Morgan fingerprint density at radius 2 is 2.33 bits per heavy atom. The molecule has 1 rings (SSSR count). The highest BCUT2D eigenvalue weighted by Gasteiger charge is 1.87. The third-order valence-corrected chi connectivity index (χ3v) is 1.13. The van der Waals surface area contributed by atoms with Crippen molar-refractivity contribution in [3.8, 4) is 11.8 Å². The van der Waals surface area contributed by atoms with E-state index >= 15 is 0 Å². The molecule has 0 unspecified atom stereocenters. The molecule has 1 aliphatic carbocycles. The van der Waals surface area contributed by atoms with E-state index in [1.165, 1.54) is 0 Å². The first-order valence-corrected chi connectivity index (χ1v) is 2.91. The second-order valence-electron chi connectivity index (χ2n) is 2.07. The molecule has 0 fully saturated rings. The first-order valence-electron chi connectivity index (χ1n) is 2.91. The summed E-state index contributed by atoms with van der Waals surface area (Å²) >= 11 is 0. The Hall–Kier alpha value is -1.16. The van der Waals surface area contributed by atoms with E-state index in [4.69, 9.17) is 5.73 Å². The van der Waals surface area contributed by atoms with E-state index in [1.54, 1.807) is 0 Å². The zero-order valence-electron chi connectivity index (χ0n) is 5.44. The van der Waals surface area contributed by atoms with Gasteiger partial charge in [-0.15, -0.1) is 0 Å². The lowest BCUT2D eigenvalue weighted by Gasteiger charge is -1.86. The lowest BCUT2D eigenvalue weighted by molar-refractivity contribution is 1.20. The van der Waals surface area contributed by atoms with Crippen molar-refractivity contribution < 1.29 is 0 Å². The van der Waals surface area contributed by atoms with E-state index in [9.17, 15) is 0 Å². The van der Waals surface area contributed by atoms with Crippen LogP contribution >= 0.6 is 0 Å². The quantitative estimate of drug-likeness (QED) is 0.476. The van der Waals surface area contributed by atoms with Gasteiger partial charge < -0.3 is 5.73 Å². The Labute approximate surface area is 55.2 Å². The normalized spacial score (nSPS) is 16.6. The molecule has 0 aromatic rings. The topological polar surface area (TPSA) is 26.0 Å². The van der Waals surface area contributed by atoms with Crippen LogP contribution in [0.4, 0.5) is 0 Å². The lowest BCUT2D eigenvalue weighted by Crippen LogP contribution is -1.93. The molecule has 0 aliphatic heterocycles. The van der Waals surface area contributed by atoms with E-state index in [0.29, 0.717) is 6.42 Å². The van der Waals surface area contributed by atoms with Crippen LogP contribution < -0.4 is 5.73 Å². The predicted molar refractivity (Wildman–Crippen MR) is 38.4 cm³/mol. The molecule has 0 saturated carbocycles. The Morgan fingerprint density at radius 1 is 1.56 bits per heavy atom. The average Bonchev–Trinajstić information content (AvgIpc) is 1.97. The van der Waals surface area contributed by atoms with E-state index in [0.717, 1.165) is 11.3 Å². The summed E-state index contributed by atoms with van der Waals surface area (Å²) in [5.41, 5.74) is 7.44. The zero-order valence-corrected chi connectivity index (χ0v) is 5.44. The average molecular weight is 119 g/mol. The minimum Gasteiger partial charge on any atom is -0.401 e. The van der Waals surface area contributed by atoms with Crippen LogP contribution in [0.1, 0.15) is 13.3 Å². The first kappa shape index (κ1) is 5.97. The van der Waals surface area contributed by atoms with Gasteiger partial charge in [-0.1, -0.05) is 11.8 Å². The van der Waals surface area contributed by atoms with Gasteiger partial charge in [-0.25, -0.2) is 0 Å². The molecule has 1 heteroatoms. The Kier molecular flexibility index (Phi) is 1.60. The van der Waals surface area contributed by atoms with Crippen molar-refractivity contribution in [2.45, 2.75) is 13.3 Å². The fourth-order valence-corrected chi connectivity index (χ4v) is 0.618. The third kappa shape index (κ3) is 1.65. The maximum Gasteiger partial charge on any atom is 0.0489 e. The van der Waals surface area contributed by atoms with Crippen molar-refractivity contribution in [3.05, 3.63) is 23.4 Å². The summed E-state index contributed by atoms with van der Waals surface area (Å²) in [6, 6.07) is 0. The monoisotopic (exact) mass is 119 g/mol. The van der Waals surface area contributed by atoms with Gasteiger partial charge in [0.25, 0.3) is 0 Å². The zero-order chi connectivity index (χ0) is 6.69. The highest BCUT2D eigenvalue weighted by molar-refractivity contribution is 5.35. The molecule has 1 nitrogen and oxygen atoms in total. The Morgan fingerprint density at radius 3 is 3.11 bits per heavy atom. The maximum absolute atomic E-state index is 5.51. The van der Waals surface area contributed by atoms with Crippen LogP contribution in [0.5, 0.6) is 0 Å². The molecule has 0 saturated heterocycles. The molecule has 0 spiro atoms. The van der Waals surface area contributed by atoms with Gasteiger partial charge in [0.05, 0.1) is 0 Å². The molecule has 0 aromatic carbocycles. The summed E-state index contributed by atoms with van der Waals surface area (Å²) in [6.45, 7) is 1.97. The summed E-state index contributed by atoms with van der Waals surface area (Å²) in [6.07, 6.45) is 4.53. The van der Waals surface area contributed by atoms with Crippen molar-refractivity contribution in [2.24, 2.45) is 5.73 Å². The fourth-order valence-electron chi connectivity index (χ4n) is 0.618. The largest absolute Gasteiger partial charge is 0.401 e. The van der Waals surface area contributed by atoms with Crippen LogP contribution in [0, 0.1) is 11.8 Å². The molecule has 46 valence electrons. The van der Waals surface area contributed by atoms with Crippen molar-refractivity contribution >= 4 is 0 Å². The molecular formula is C8H9N. The van der Waals surface area contributed by atoms with Gasteiger partial charge in [-0.05, 0) is 24.6 Å². The molecule has 0 radical (unpaired) electrons. The van der Waals surface area contributed by atoms with E-state index in [1.807, 2.05) is 19.1 Å². The van der Waals surface area contributed by atoms with E-state index in [2.05, 4.69) is 11.8 Å². The Balaban J connectivity index is 2.86.